The van der Waals surface area contributed by atoms with Gasteiger partial charge >= 0.3 is 0 Å². The van der Waals surface area contributed by atoms with Crippen LogP contribution in [-0.4, -0.2) is 29.9 Å². The maximum Gasteiger partial charge on any atom is 0.279 e. The summed E-state index contributed by atoms with van der Waals surface area (Å²) in [5.74, 6) is 0.326. The first-order chi connectivity index (χ1) is 13.2. The molecule has 1 heterocycles. The number of aromatic amines is 1. The zero-order valence-corrected chi connectivity index (χ0v) is 15.9. The fraction of sp³-hybridized carbons (Fsp3) is 0.105. The summed E-state index contributed by atoms with van der Waals surface area (Å²) in [6.07, 6.45) is 1.62. The van der Waals surface area contributed by atoms with Crippen molar-refractivity contribution in [3.05, 3.63) is 68.9 Å². The van der Waals surface area contributed by atoms with Gasteiger partial charge in [-0.3, -0.25) is 9.89 Å². The number of phenolic OH excluding ortho intramolecular Hbond substituents is 1. The predicted molar refractivity (Wildman–Crippen MR) is 105 cm³/mol. The van der Waals surface area contributed by atoms with E-state index in [9.17, 15) is 18.3 Å². The van der Waals surface area contributed by atoms with Gasteiger partial charge in [0.05, 0.1) is 27.8 Å². The summed E-state index contributed by atoms with van der Waals surface area (Å²) in [4.78, 5) is 12.7. The molecule has 3 rings (SSSR count). The Balaban J connectivity index is 2.08. The van der Waals surface area contributed by atoms with Crippen molar-refractivity contribution in [1.82, 2.24) is 9.78 Å². The van der Waals surface area contributed by atoms with Crippen molar-refractivity contribution in [3.63, 3.8) is 0 Å². The maximum absolute atomic E-state index is 12.8. The van der Waals surface area contributed by atoms with Gasteiger partial charge in [0.1, 0.15) is 0 Å². The Hall–Kier alpha value is -3.30. The van der Waals surface area contributed by atoms with Crippen molar-refractivity contribution >= 4 is 22.7 Å². The van der Waals surface area contributed by atoms with Gasteiger partial charge in [0.15, 0.2) is 11.5 Å². The second-order valence-electron chi connectivity index (χ2n) is 5.99. The molecule has 3 aromatic rings. The lowest BCUT2D eigenvalue weighted by Crippen LogP contribution is -2.33. The molecule has 0 bridgehead atoms. The summed E-state index contributed by atoms with van der Waals surface area (Å²) < 4.78 is 29.3. The fourth-order valence-electron chi connectivity index (χ4n) is 2.67. The number of H-pyrrole nitrogens is 1. The third-order valence-electron chi connectivity index (χ3n) is 4.02. The summed E-state index contributed by atoms with van der Waals surface area (Å²) in [7, 11) is -3.82. The SMILES string of the molecule is C=c1[nH]n(-c2ccc(S(N)(=O)=O)cc2)c(=O)/c1=C\c1ccc(O)c(OCC)c1. The Kier molecular flexibility index (Phi) is 5.12. The third-order valence-corrected chi connectivity index (χ3v) is 4.95. The minimum absolute atomic E-state index is 0.00951. The van der Waals surface area contributed by atoms with Crippen LogP contribution in [0.25, 0.3) is 18.3 Å². The summed E-state index contributed by atoms with van der Waals surface area (Å²) in [6, 6.07) is 10.3. The van der Waals surface area contributed by atoms with E-state index in [1.54, 1.807) is 25.1 Å². The Morgan fingerprint density at radius 1 is 1.25 bits per heavy atom. The van der Waals surface area contributed by atoms with Crippen molar-refractivity contribution in [2.24, 2.45) is 5.14 Å². The number of sulfonamides is 1. The van der Waals surface area contributed by atoms with E-state index in [4.69, 9.17) is 9.88 Å². The number of benzene rings is 2. The number of aromatic nitrogens is 2. The molecule has 0 saturated heterocycles. The molecule has 9 heteroatoms. The smallest absolute Gasteiger partial charge is 0.279 e. The first-order valence-electron chi connectivity index (χ1n) is 8.31. The Bertz CT molecular complexity index is 1290. The lowest BCUT2D eigenvalue weighted by atomic mass is 10.1. The summed E-state index contributed by atoms with van der Waals surface area (Å²) in [6.45, 7) is 6.05. The highest BCUT2D eigenvalue weighted by Crippen LogP contribution is 2.26. The van der Waals surface area contributed by atoms with E-state index in [1.165, 1.54) is 35.0 Å². The standard InChI is InChI=1S/C19H19N3O5S/c1-3-27-18-11-13(4-9-17(18)23)10-16-12(2)21-22(19(16)24)14-5-7-15(8-6-14)28(20,25)26/h4-11,21,23H,2-3H2,1H3,(H2,20,25,26)/b16-10-. The average molecular weight is 401 g/mol. The quantitative estimate of drug-likeness (QED) is 0.561. The molecule has 2 aromatic carbocycles. The molecule has 146 valence electrons. The number of aromatic hydroxyl groups is 1. The highest BCUT2D eigenvalue weighted by molar-refractivity contribution is 7.89. The van der Waals surface area contributed by atoms with Crippen LogP contribution in [0.15, 0.2) is 52.2 Å². The molecule has 0 radical (unpaired) electrons. The number of nitrogens with two attached hydrogens (primary N) is 1. The van der Waals surface area contributed by atoms with Crippen LogP contribution in [-0.2, 0) is 10.0 Å². The van der Waals surface area contributed by atoms with Crippen LogP contribution in [0.2, 0.25) is 0 Å². The maximum atomic E-state index is 12.8. The molecule has 28 heavy (non-hydrogen) atoms. The number of phenols is 1. The molecule has 0 aliphatic heterocycles. The normalized spacial score (nSPS) is 12.3. The predicted octanol–water partition coefficient (Wildman–Crippen LogP) is 0.156. The molecule has 0 aliphatic carbocycles. The number of hydrogen-bond donors (Lipinski definition) is 3. The highest BCUT2D eigenvalue weighted by atomic mass is 32.2. The lowest BCUT2D eigenvalue weighted by molar-refractivity contribution is 0.318. The summed E-state index contributed by atoms with van der Waals surface area (Å²) in [5.41, 5.74) is 0.723. The number of primary sulfonamides is 1. The van der Waals surface area contributed by atoms with E-state index in [0.29, 0.717) is 34.2 Å². The van der Waals surface area contributed by atoms with Crippen LogP contribution in [0.1, 0.15) is 12.5 Å². The van der Waals surface area contributed by atoms with Crippen LogP contribution in [0, 0.1) is 0 Å². The fourth-order valence-corrected chi connectivity index (χ4v) is 3.18. The molecule has 0 spiro atoms. The van der Waals surface area contributed by atoms with E-state index in [2.05, 4.69) is 11.7 Å². The van der Waals surface area contributed by atoms with Crippen LogP contribution >= 0.6 is 0 Å². The molecule has 0 atom stereocenters. The first-order valence-corrected chi connectivity index (χ1v) is 9.86. The minimum atomic E-state index is -3.82. The summed E-state index contributed by atoms with van der Waals surface area (Å²) in [5, 5.41) is 18.4. The molecular formula is C19H19N3O5S. The third kappa shape index (κ3) is 3.85. The number of ether oxygens (including phenoxy) is 1. The molecule has 0 amide bonds. The van der Waals surface area contributed by atoms with E-state index in [1.807, 2.05) is 0 Å². The topological polar surface area (TPSA) is 127 Å². The van der Waals surface area contributed by atoms with Crippen molar-refractivity contribution in [2.45, 2.75) is 11.8 Å². The molecular weight excluding hydrogens is 382 g/mol. The Morgan fingerprint density at radius 3 is 2.54 bits per heavy atom. The second kappa shape index (κ2) is 7.37. The van der Waals surface area contributed by atoms with Gasteiger partial charge in [0, 0.05) is 0 Å². The molecule has 0 fully saturated rings. The molecule has 8 nitrogen and oxygen atoms in total. The molecule has 0 aliphatic rings. The van der Waals surface area contributed by atoms with Crippen LogP contribution < -0.4 is 26.0 Å². The van der Waals surface area contributed by atoms with Crippen LogP contribution in [0.3, 0.4) is 0 Å². The van der Waals surface area contributed by atoms with E-state index < -0.39 is 10.0 Å². The van der Waals surface area contributed by atoms with Gasteiger partial charge in [-0.1, -0.05) is 12.6 Å². The van der Waals surface area contributed by atoms with E-state index in [-0.39, 0.29) is 16.2 Å². The summed E-state index contributed by atoms with van der Waals surface area (Å²) >= 11 is 0. The molecule has 4 N–H and O–H groups in total. The lowest BCUT2D eigenvalue weighted by Gasteiger charge is -2.05. The van der Waals surface area contributed by atoms with Gasteiger partial charge in [0.2, 0.25) is 10.0 Å². The van der Waals surface area contributed by atoms with Gasteiger partial charge < -0.3 is 9.84 Å². The zero-order chi connectivity index (χ0) is 20.5. The van der Waals surface area contributed by atoms with Gasteiger partial charge in [-0.25, -0.2) is 18.2 Å². The van der Waals surface area contributed by atoms with Crippen LogP contribution in [0.5, 0.6) is 11.5 Å². The number of hydrogen-bond acceptors (Lipinski definition) is 5. The van der Waals surface area contributed by atoms with Crippen LogP contribution in [0.4, 0.5) is 0 Å². The number of rotatable bonds is 5. The Labute approximate surface area is 160 Å². The molecule has 0 saturated carbocycles. The Morgan fingerprint density at radius 2 is 1.93 bits per heavy atom. The van der Waals surface area contributed by atoms with Crippen molar-refractivity contribution < 1.29 is 18.3 Å². The zero-order valence-electron chi connectivity index (χ0n) is 15.0. The number of nitrogens with one attached hydrogen (secondary N) is 1. The highest BCUT2D eigenvalue weighted by Gasteiger charge is 2.10. The van der Waals surface area contributed by atoms with Gasteiger partial charge in [-0.05, 0) is 55.0 Å². The average Bonchev–Trinajstić information content (AvgIpc) is 2.92. The molecule has 0 unspecified atom stereocenters. The van der Waals surface area contributed by atoms with E-state index >= 15 is 0 Å². The monoisotopic (exact) mass is 401 g/mol. The molecule has 1 aromatic heterocycles. The second-order valence-corrected chi connectivity index (χ2v) is 7.55. The van der Waals surface area contributed by atoms with Crippen molar-refractivity contribution in [3.8, 4) is 17.2 Å². The van der Waals surface area contributed by atoms with Crippen molar-refractivity contribution in [1.29, 1.82) is 0 Å². The van der Waals surface area contributed by atoms with Gasteiger partial charge in [-0.2, -0.15) is 0 Å². The first kappa shape index (κ1) is 19.5. The largest absolute Gasteiger partial charge is 0.504 e. The minimum Gasteiger partial charge on any atom is -0.504 e. The van der Waals surface area contributed by atoms with Gasteiger partial charge in [-0.15, -0.1) is 0 Å². The van der Waals surface area contributed by atoms with Gasteiger partial charge in [0.25, 0.3) is 5.56 Å². The van der Waals surface area contributed by atoms with E-state index in [0.717, 1.165) is 0 Å². The van der Waals surface area contributed by atoms with Crippen molar-refractivity contribution in [2.75, 3.05) is 6.61 Å². The number of nitrogens with zero attached hydrogens (tertiary/aromatic N) is 1.